The molecule has 4 atom stereocenters. The van der Waals surface area contributed by atoms with Gasteiger partial charge in [-0.1, -0.05) is 27.7 Å². The second-order valence-electron chi connectivity index (χ2n) is 7.47. The Hall–Kier alpha value is -0.240. The predicted molar refractivity (Wildman–Crippen MR) is 107 cm³/mol. The van der Waals surface area contributed by atoms with Crippen molar-refractivity contribution < 1.29 is 20.4 Å². The molecule has 4 N–H and O–H groups in total. The van der Waals surface area contributed by atoms with E-state index in [4.69, 9.17) is 0 Å². The average molecular weight is 377 g/mol. The molecule has 0 radical (unpaired) electrons. The Balaban J connectivity index is 4.39. The second-order valence-corrected chi connectivity index (χ2v) is 7.47. The molecule has 0 saturated heterocycles. The lowest BCUT2D eigenvalue weighted by Crippen LogP contribution is -2.40. The molecule has 6 nitrogen and oxygen atoms in total. The maximum atomic E-state index is 9.92. The van der Waals surface area contributed by atoms with Crippen molar-refractivity contribution >= 4 is 0 Å². The molecule has 0 aliphatic carbocycles. The molecule has 0 saturated carbocycles. The Morgan fingerprint density at radius 3 is 0.923 bits per heavy atom. The van der Waals surface area contributed by atoms with Crippen molar-refractivity contribution in [3.8, 4) is 0 Å². The van der Waals surface area contributed by atoms with Crippen LogP contribution in [0.15, 0.2) is 0 Å². The van der Waals surface area contributed by atoms with E-state index in [0.717, 1.165) is 51.6 Å². The van der Waals surface area contributed by atoms with E-state index in [1.54, 1.807) is 0 Å². The minimum atomic E-state index is -0.352. The topological polar surface area (TPSA) is 87.4 Å². The molecule has 0 aliphatic rings. The fraction of sp³-hybridized carbons (Fsp3) is 1.00. The minimum absolute atomic E-state index is 0.352. The number of aliphatic hydroxyl groups is 4. The lowest BCUT2D eigenvalue weighted by Gasteiger charge is -2.28. The Kier molecular flexibility index (Phi) is 15.6. The van der Waals surface area contributed by atoms with Crippen molar-refractivity contribution in [1.29, 1.82) is 0 Å². The van der Waals surface area contributed by atoms with Crippen molar-refractivity contribution in [2.24, 2.45) is 0 Å². The summed E-state index contributed by atoms with van der Waals surface area (Å²) >= 11 is 0. The molecule has 0 aromatic heterocycles. The lowest BCUT2D eigenvalue weighted by atomic mass is 10.1. The molecule has 0 aromatic rings. The van der Waals surface area contributed by atoms with E-state index in [9.17, 15) is 20.4 Å². The van der Waals surface area contributed by atoms with E-state index in [1.165, 1.54) is 0 Å². The third-order valence-electron chi connectivity index (χ3n) is 4.96. The molecule has 0 fully saturated rings. The highest BCUT2D eigenvalue weighted by molar-refractivity contribution is 4.70. The third kappa shape index (κ3) is 13.0. The van der Waals surface area contributed by atoms with Crippen LogP contribution in [0.3, 0.4) is 0 Å². The van der Waals surface area contributed by atoms with Gasteiger partial charge in [0.05, 0.1) is 24.4 Å². The quantitative estimate of drug-likeness (QED) is 0.288. The zero-order valence-corrected chi connectivity index (χ0v) is 17.5. The molecule has 0 spiro atoms. The maximum Gasteiger partial charge on any atom is 0.0664 e. The monoisotopic (exact) mass is 376 g/mol. The number of hydrogen-bond acceptors (Lipinski definition) is 6. The maximum absolute atomic E-state index is 9.92. The van der Waals surface area contributed by atoms with Crippen molar-refractivity contribution in [2.45, 2.75) is 90.6 Å². The van der Waals surface area contributed by atoms with Crippen LogP contribution in [-0.4, -0.2) is 93.9 Å². The van der Waals surface area contributed by atoms with E-state index in [2.05, 4.69) is 9.80 Å². The van der Waals surface area contributed by atoms with Gasteiger partial charge in [-0.25, -0.2) is 0 Å². The van der Waals surface area contributed by atoms with Gasteiger partial charge in [-0.05, 0) is 51.6 Å². The van der Waals surface area contributed by atoms with Crippen LogP contribution in [0.5, 0.6) is 0 Å². The molecule has 0 aromatic carbocycles. The summed E-state index contributed by atoms with van der Waals surface area (Å²) in [6.07, 6.45) is 3.40. The molecular formula is C20H44N2O4. The van der Waals surface area contributed by atoms with Crippen molar-refractivity contribution in [3.05, 3.63) is 0 Å². The van der Waals surface area contributed by atoms with E-state index < -0.39 is 0 Å². The number of rotatable bonds is 17. The van der Waals surface area contributed by atoms with Gasteiger partial charge in [-0.15, -0.1) is 0 Å². The van der Waals surface area contributed by atoms with Crippen molar-refractivity contribution in [3.63, 3.8) is 0 Å². The fourth-order valence-electron chi connectivity index (χ4n) is 2.89. The zero-order chi connectivity index (χ0) is 19.9. The highest BCUT2D eigenvalue weighted by Crippen LogP contribution is 2.07. The van der Waals surface area contributed by atoms with Gasteiger partial charge in [-0.2, -0.15) is 0 Å². The van der Waals surface area contributed by atoms with Gasteiger partial charge < -0.3 is 20.4 Å². The van der Waals surface area contributed by atoms with Crippen LogP contribution in [0.1, 0.15) is 66.2 Å². The van der Waals surface area contributed by atoms with Crippen LogP contribution in [-0.2, 0) is 0 Å². The van der Waals surface area contributed by atoms with Gasteiger partial charge in [0.15, 0.2) is 0 Å². The lowest BCUT2D eigenvalue weighted by molar-refractivity contribution is 0.0578. The molecule has 0 amide bonds. The molecule has 158 valence electrons. The zero-order valence-electron chi connectivity index (χ0n) is 17.5. The number of aliphatic hydroxyl groups excluding tert-OH is 4. The highest BCUT2D eigenvalue weighted by Gasteiger charge is 2.16. The van der Waals surface area contributed by atoms with Crippen LogP contribution >= 0.6 is 0 Å². The van der Waals surface area contributed by atoms with Gasteiger partial charge >= 0.3 is 0 Å². The van der Waals surface area contributed by atoms with Crippen LogP contribution in [0, 0.1) is 0 Å². The SMILES string of the molecule is CCC(O)CN(CCCCN(CC(O)CC)CC(O)CC)CC(O)CC. The van der Waals surface area contributed by atoms with E-state index in [1.807, 2.05) is 27.7 Å². The summed E-state index contributed by atoms with van der Waals surface area (Å²) < 4.78 is 0. The van der Waals surface area contributed by atoms with Crippen LogP contribution in [0.4, 0.5) is 0 Å². The first-order valence-electron chi connectivity index (χ1n) is 10.5. The molecular weight excluding hydrogens is 332 g/mol. The van der Waals surface area contributed by atoms with Gasteiger partial charge in [0.2, 0.25) is 0 Å². The molecule has 0 bridgehead atoms. The molecule has 6 heteroatoms. The standard InChI is InChI=1S/C20H44N2O4/c1-5-17(23)13-21(14-18(24)6-2)11-9-10-12-22(15-19(25)7-3)16-20(26)8-4/h17-20,23-26H,5-16H2,1-4H3. The van der Waals surface area contributed by atoms with Crippen LogP contribution < -0.4 is 0 Å². The van der Waals surface area contributed by atoms with Gasteiger partial charge in [0.25, 0.3) is 0 Å². The first-order valence-corrected chi connectivity index (χ1v) is 10.5. The Labute approximate surface area is 160 Å². The van der Waals surface area contributed by atoms with Gasteiger partial charge in [0, 0.05) is 26.2 Å². The molecule has 0 rings (SSSR count). The summed E-state index contributed by atoms with van der Waals surface area (Å²) in [4.78, 5) is 4.29. The van der Waals surface area contributed by atoms with Crippen molar-refractivity contribution in [2.75, 3.05) is 39.3 Å². The Morgan fingerprint density at radius 1 is 0.500 bits per heavy atom. The Morgan fingerprint density at radius 2 is 0.731 bits per heavy atom. The third-order valence-corrected chi connectivity index (χ3v) is 4.96. The Bertz CT molecular complexity index is 266. The predicted octanol–water partition coefficient (Wildman–Crippen LogP) is 1.45. The normalized spacial score (nSPS) is 16.8. The smallest absolute Gasteiger partial charge is 0.0664 e. The van der Waals surface area contributed by atoms with Crippen LogP contribution in [0.25, 0.3) is 0 Å². The highest BCUT2D eigenvalue weighted by atomic mass is 16.3. The fourth-order valence-corrected chi connectivity index (χ4v) is 2.89. The van der Waals surface area contributed by atoms with Crippen molar-refractivity contribution in [1.82, 2.24) is 9.80 Å². The summed E-state index contributed by atoms with van der Waals surface area (Å²) in [6.45, 7) is 11.9. The molecule has 0 heterocycles. The second kappa shape index (κ2) is 15.8. The summed E-state index contributed by atoms with van der Waals surface area (Å²) in [5, 5.41) is 39.7. The number of nitrogens with zero attached hydrogens (tertiary/aromatic N) is 2. The minimum Gasteiger partial charge on any atom is -0.392 e. The number of unbranched alkanes of at least 4 members (excludes halogenated alkanes) is 1. The summed E-state index contributed by atoms with van der Waals surface area (Å²) in [6, 6.07) is 0. The largest absolute Gasteiger partial charge is 0.392 e. The first-order chi connectivity index (χ1) is 12.4. The van der Waals surface area contributed by atoms with E-state index in [-0.39, 0.29) is 24.4 Å². The number of hydrogen-bond donors (Lipinski definition) is 4. The van der Waals surface area contributed by atoms with E-state index in [0.29, 0.717) is 26.2 Å². The first kappa shape index (κ1) is 25.8. The molecule has 26 heavy (non-hydrogen) atoms. The summed E-state index contributed by atoms with van der Waals surface area (Å²) in [5.74, 6) is 0. The molecule has 4 unspecified atom stereocenters. The average Bonchev–Trinajstić information content (AvgIpc) is 2.63. The molecule has 0 aliphatic heterocycles. The van der Waals surface area contributed by atoms with Crippen LogP contribution in [0.2, 0.25) is 0 Å². The van der Waals surface area contributed by atoms with Gasteiger partial charge in [-0.3, -0.25) is 9.80 Å². The van der Waals surface area contributed by atoms with Gasteiger partial charge in [0.1, 0.15) is 0 Å². The summed E-state index contributed by atoms with van der Waals surface area (Å²) in [7, 11) is 0. The summed E-state index contributed by atoms with van der Waals surface area (Å²) in [5.41, 5.74) is 0. The van der Waals surface area contributed by atoms with E-state index >= 15 is 0 Å².